The van der Waals surface area contributed by atoms with Crippen molar-refractivity contribution >= 4 is 11.6 Å². The molecule has 112 valence electrons. The van der Waals surface area contributed by atoms with Gasteiger partial charge < -0.3 is 10.2 Å². The monoisotopic (exact) mass is 294 g/mol. The van der Waals surface area contributed by atoms with Crippen molar-refractivity contribution in [1.82, 2.24) is 10.2 Å². The minimum Gasteiger partial charge on any atom is -0.313 e. The molecule has 0 aromatic heterocycles. The summed E-state index contributed by atoms with van der Waals surface area (Å²) in [5.74, 6) is 0.953. The molecule has 20 heavy (non-hydrogen) atoms. The van der Waals surface area contributed by atoms with E-state index in [1.165, 1.54) is 31.4 Å². The molecule has 1 unspecified atom stereocenters. The zero-order chi connectivity index (χ0) is 14.4. The van der Waals surface area contributed by atoms with Crippen LogP contribution >= 0.6 is 11.6 Å². The van der Waals surface area contributed by atoms with Gasteiger partial charge in [-0.2, -0.15) is 0 Å². The quantitative estimate of drug-likeness (QED) is 0.776. The first-order valence-corrected chi connectivity index (χ1v) is 8.25. The second-order valence-corrected chi connectivity index (χ2v) is 6.31. The molecule has 1 N–H and O–H groups in total. The average molecular weight is 295 g/mol. The molecular weight excluding hydrogens is 268 g/mol. The lowest BCUT2D eigenvalue weighted by molar-refractivity contribution is 0.178. The van der Waals surface area contributed by atoms with Crippen molar-refractivity contribution in [1.29, 1.82) is 0 Å². The van der Waals surface area contributed by atoms with E-state index >= 15 is 0 Å². The maximum atomic E-state index is 6.09. The number of hydrogen-bond acceptors (Lipinski definition) is 2. The summed E-state index contributed by atoms with van der Waals surface area (Å²) in [5.41, 5.74) is 1.29. The van der Waals surface area contributed by atoms with Crippen molar-refractivity contribution in [3.8, 4) is 0 Å². The Morgan fingerprint density at radius 2 is 2.20 bits per heavy atom. The lowest BCUT2D eigenvalue weighted by atomic mass is 9.85. The highest BCUT2D eigenvalue weighted by atomic mass is 35.5. The summed E-state index contributed by atoms with van der Waals surface area (Å²) in [7, 11) is 2.04. The molecule has 0 spiro atoms. The molecule has 0 amide bonds. The van der Waals surface area contributed by atoms with Crippen molar-refractivity contribution in [2.24, 2.45) is 5.92 Å². The van der Waals surface area contributed by atoms with Crippen LogP contribution in [0, 0.1) is 5.92 Å². The molecule has 2 rings (SSSR count). The van der Waals surface area contributed by atoms with Gasteiger partial charge in [0.2, 0.25) is 0 Å². The molecule has 1 aliphatic carbocycles. The summed E-state index contributed by atoms with van der Waals surface area (Å²) in [4.78, 5) is 2.60. The lowest BCUT2D eigenvalue weighted by Crippen LogP contribution is -2.34. The Kier molecular flexibility index (Phi) is 6.34. The normalized spacial score (nSPS) is 17.2. The van der Waals surface area contributed by atoms with Crippen molar-refractivity contribution in [2.75, 3.05) is 26.7 Å². The molecule has 2 nitrogen and oxygen atoms in total. The van der Waals surface area contributed by atoms with E-state index in [2.05, 4.69) is 29.3 Å². The molecule has 0 bridgehead atoms. The van der Waals surface area contributed by atoms with Crippen LogP contribution < -0.4 is 5.32 Å². The summed E-state index contributed by atoms with van der Waals surface area (Å²) in [6.07, 6.45) is 5.43. The summed E-state index contributed by atoms with van der Waals surface area (Å²) in [6, 6.07) is 8.60. The molecule has 1 aromatic carbocycles. The molecule has 3 heteroatoms. The van der Waals surface area contributed by atoms with Gasteiger partial charge in [-0.15, -0.1) is 0 Å². The van der Waals surface area contributed by atoms with E-state index in [0.717, 1.165) is 30.5 Å². The third kappa shape index (κ3) is 4.47. The molecule has 0 heterocycles. The number of nitrogens with zero attached hydrogens (tertiary/aromatic N) is 1. The second kappa shape index (κ2) is 8.02. The summed E-state index contributed by atoms with van der Waals surface area (Å²) in [5, 5.41) is 4.24. The smallest absolute Gasteiger partial charge is 0.0409 e. The number of benzene rings is 1. The summed E-state index contributed by atoms with van der Waals surface area (Å²) in [6.45, 7) is 5.86. The van der Waals surface area contributed by atoms with Crippen LogP contribution in [0.15, 0.2) is 24.3 Å². The molecule has 1 saturated carbocycles. The topological polar surface area (TPSA) is 15.3 Å². The molecular formula is C17H27ClN2. The molecule has 1 atom stereocenters. The van der Waals surface area contributed by atoms with E-state index in [-0.39, 0.29) is 0 Å². The number of halogens is 1. The van der Waals surface area contributed by atoms with Gasteiger partial charge in [0.1, 0.15) is 0 Å². The SMILES string of the molecule is CCN(CCC(NC)c1cccc(Cl)c1)CC1CCC1. The fraction of sp³-hybridized carbons (Fsp3) is 0.647. The number of nitrogens with one attached hydrogen (secondary N) is 1. The van der Waals surface area contributed by atoms with Gasteiger partial charge in [-0.05, 0) is 63.0 Å². The average Bonchev–Trinajstić information content (AvgIpc) is 2.41. The molecule has 1 fully saturated rings. The summed E-state index contributed by atoms with van der Waals surface area (Å²) >= 11 is 6.09. The van der Waals surface area contributed by atoms with E-state index in [0.29, 0.717) is 6.04 Å². The van der Waals surface area contributed by atoms with Gasteiger partial charge >= 0.3 is 0 Å². The fourth-order valence-electron chi connectivity index (χ4n) is 2.93. The van der Waals surface area contributed by atoms with Crippen LogP contribution in [0.3, 0.4) is 0 Å². The van der Waals surface area contributed by atoms with Gasteiger partial charge in [-0.1, -0.05) is 37.1 Å². The van der Waals surface area contributed by atoms with Gasteiger partial charge in [0.15, 0.2) is 0 Å². The predicted octanol–water partition coefficient (Wildman–Crippen LogP) is 4.11. The van der Waals surface area contributed by atoms with Crippen molar-refractivity contribution in [3.63, 3.8) is 0 Å². The largest absolute Gasteiger partial charge is 0.313 e. The maximum absolute atomic E-state index is 6.09. The Bertz CT molecular complexity index is 404. The van der Waals surface area contributed by atoms with Crippen LogP contribution in [0.25, 0.3) is 0 Å². The third-order valence-corrected chi connectivity index (χ3v) is 4.76. The zero-order valence-corrected chi connectivity index (χ0v) is 13.5. The van der Waals surface area contributed by atoms with Crippen LogP contribution in [0.1, 0.15) is 44.2 Å². The Labute approximate surface area is 128 Å². The van der Waals surface area contributed by atoms with Crippen molar-refractivity contribution < 1.29 is 0 Å². The minimum absolute atomic E-state index is 0.393. The van der Waals surface area contributed by atoms with Gasteiger partial charge in [-0.3, -0.25) is 0 Å². The highest BCUT2D eigenvalue weighted by Crippen LogP contribution is 2.27. The van der Waals surface area contributed by atoms with Gasteiger partial charge in [0, 0.05) is 17.6 Å². The third-order valence-electron chi connectivity index (χ3n) is 4.52. The molecule has 0 aliphatic heterocycles. The first-order chi connectivity index (χ1) is 9.72. The van der Waals surface area contributed by atoms with E-state index in [9.17, 15) is 0 Å². The highest BCUT2D eigenvalue weighted by Gasteiger charge is 2.20. The second-order valence-electron chi connectivity index (χ2n) is 5.88. The highest BCUT2D eigenvalue weighted by molar-refractivity contribution is 6.30. The van der Waals surface area contributed by atoms with Crippen molar-refractivity contribution in [2.45, 2.75) is 38.6 Å². The lowest BCUT2D eigenvalue weighted by Gasteiger charge is -2.32. The minimum atomic E-state index is 0.393. The number of hydrogen-bond donors (Lipinski definition) is 1. The van der Waals surface area contributed by atoms with E-state index in [1.807, 2.05) is 19.2 Å². The molecule has 1 aromatic rings. The van der Waals surface area contributed by atoms with Gasteiger partial charge in [0.05, 0.1) is 0 Å². The van der Waals surface area contributed by atoms with Crippen LogP contribution in [0.5, 0.6) is 0 Å². The van der Waals surface area contributed by atoms with E-state index < -0.39 is 0 Å². The first-order valence-electron chi connectivity index (χ1n) is 7.88. The van der Waals surface area contributed by atoms with Crippen molar-refractivity contribution in [3.05, 3.63) is 34.9 Å². The predicted molar refractivity (Wildman–Crippen MR) is 87.3 cm³/mol. The van der Waals surface area contributed by atoms with Crippen LogP contribution in [-0.2, 0) is 0 Å². The van der Waals surface area contributed by atoms with Gasteiger partial charge in [0.25, 0.3) is 0 Å². The Hall–Kier alpha value is -0.570. The van der Waals surface area contributed by atoms with Crippen LogP contribution in [-0.4, -0.2) is 31.6 Å². The maximum Gasteiger partial charge on any atom is 0.0409 e. The van der Waals surface area contributed by atoms with E-state index in [1.54, 1.807) is 0 Å². The standard InChI is InChI=1S/C17H27ClN2/c1-3-20(13-14-6-4-7-14)11-10-17(19-2)15-8-5-9-16(18)12-15/h5,8-9,12,14,17,19H,3-4,6-7,10-11,13H2,1-2H3. The summed E-state index contributed by atoms with van der Waals surface area (Å²) < 4.78 is 0. The Balaban J connectivity index is 1.85. The fourth-order valence-corrected chi connectivity index (χ4v) is 3.13. The first kappa shape index (κ1) is 15.8. The molecule has 0 saturated heterocycles. The number of rotatable bonds is 8. The molecule has 0 radical (unpaired) electrons. The zero-order valence-electron chi connectivity index (χ0n) is 12.7. The molecule has 1 aliphatic rings. The van der Waals surface area contributed by atoms with Crippen LogP contribution in [0.2, 0.25) is 5.02 Å². The van der Waals surface area contributed by atoms with E-state index in [4.69, 9.17) is 11.6 Å². The Morgan fingerprint density at radius 3 is 2.75 bits per heavy atom. The van der Waals surface area contributed by atoms with Crippen LogP contribution in [0.4, 0.5) is 0 Å². The van der Waals surface area contributed by atoms with Gasteiger partial charge in [-0.25, -0.2) is 0 Å². The Morgan fingerprint density at radius 1 is 1.40 bits per heavy atom.